The average Bonchev–Trinajstić information content (AvgIpc) is 3.28. The van der Waals surface area contributed by atoms with E-state index in [0.717, 1.165) is 11.1 Å². The van der Waals surface area contributed by atoms with Crippen molar-refractivity contribution in [3.8, 4) is 11.5 Å². The van der Waals surface area contributed by atoms with Crippen molar-refractivity contribution >= 4 is 24.1 Å². The molecule has 0 fully saturated rings. The van der Waals surface area contributed by atoms with Crippen LogP contribution in [0.1, 0.15) is 21.5 Å². The van der Waals surface area contributed by atoms with Crippen LogP contribution in [0.5, 0.6) is 11.5 Å². The monoisotopic (exact) mass is 413 g/mol. The van der Waals surface area contributed by atoms with Crippen LogP contribution < -0.4 is 20.2 Å². The molecular formula is C24H19N3O4. The molecule has 1 aliphatic rings. The van der Waals surface area contributed by atoms with Gasteiger partial charge in [0.15, 0.2) is 11.5 Å². The molecule has 2 N–H and O–H groups in total. The fourth-order valence-electron chi connectivity index (χ4n) is 2.88. The highest BCUT2D eigenvalue weighted by Gasteiger charge is 2.15. The number of ether oxygens (including phenoxy) is 2. The van der Waals surface area contributed by atoms with Gasteiger partial charge in [0, 0.05) is 5.56 Å². The zero-order valence-electron chi connectivity index (χ0n) is 16.4. The van der Waals surface area contributed by atoms with Crippen LogP contribution in [0, 0.1) is 0 Å². The minimum absolute atomic E-state index is 0.0721. The van der Waals surface area contributed by atoms with E-state index in [1.165, 1.54) is 6.21 Å². The quantitative estimate of drug-likeness (QED) is 0.369. The molecule has 0 aliphatic carbocycles. The first-order valence-corrected chi connectivity index (χ1v) is 9.55. The van der Waals surface area contributed by atoms with Crippen LogP contribution in [0.15, 0.2) is 89.7 Å². The first-order chi connectivity index (χ1) is 15.2. The lowest BCUT2D eigenvalue weighted by atomic mass is 10.1. The van der Waals surface area contributed by atoms with Gasteiger partial charge in [0.25, 0.3) is 11.8 Å². The van der Waals surface area contributed by atoms with Gasteiger partial charge in [-0.3, -0.25) is 9.59 Å². The SMILES string of the molecule is O=C(NN=Cc1ccc2c(c1)OCO2)C(=Cc1ccccc1)NC(=O)c1ccccc1. The Balaban J connectivity index is 1.49. The van der Waals surface area contributed by atoms with Crippen LogP contribution in [0.25, 0.3) is 6.08 Å². The predicted molar refractivity (Wildman–Crippen MR) is 117 cm³/mol. The molecule has 3 aromatic carbocycles. The molecule has 0 saturated carbocycles. The molecule has 0 radical (unpaired) electrons. The zero-order chi connectivity index (χ0) is 21.5. The molecule has 3 aromatic rings. The third-order valence-electron chi connectivity index (χ3n) is 4.42. The van der Waals surface area contributed by atoms with E-state index in [-0.39, 0.29) is 12.5 Å². The Bertz CT molecular complexity index is 1140. The van der Waals surface area contributed by atoms with E-state index < -0.39 is 11.8 Å². The van der Waals surface area contributed by atoms with Crippen molar-refractivity contribution in [3.63, 3.8) is 0 Å². The van der Waals surface area contributed by atoms with Gasteiger partial charge >= 0.3 is 0 Å². The average molecular weight is 413 g/mol. The van der Waals surface area contributed by atoms with E-state index in [0.29, 0.717) is 17.1 Å². The summed E-state index contributed by atoms with van der Waals surface area (Å²) in [6, 6.07) is 23.2. The number of hydrogen-bond donors (Lipinski definition) is 2. The van der Waals surface area contributed by atoms with Crippen molar-refractivity contribution in [1.82, 2.24) is 10.7 Å². The Morgan fingerprint density at radius 1 is 0.839 bits per heavy atom. The maximum Gasteiger partial charge on any atom is 0.287 e. The van der Waals surface area contributed by atoms with Crippen LogP contribution >= 0.6 is 0 Å². The molecule has 1 heterocycles. The Morgan fingerprint density at radius 2 is 1.55 bits per heavy atom. The standard InChI is InChI=1S/C24H19N3O4/c28-23(19-9-5-2-6-10-19)26-20(13-17-7-3-1-4-8-17)24(29)27-25-15-18-11-12-21-22(14-18)31-16-30-21/h1-15H,16H2,(H,26,28)(H,27,29). The third-order valence-corrected chi connectivity index (χ3v) is 4.42. The second-order valence-corrected chi connectivity index (χ2v) is 6.60. The Hall–Kier alpha value is -4.39. The molecule has 0 spiro atoms. The predicted octanol–water partition coefficient (Wildman–Crippen LogP) is 3.34. The molecule has 31 heavy (non-hydrogen) atoms. The van der Waals surface area contributed by atoms with E-state index in [4.69, 9.17) is 9.47 Å². The highest BCUT2D eigenvalue weighted by Crippen LogP contribution is 2.31. The summed E-state index contributed by atoms with van der Waals surface area (Å²) in [6.07, 6.45) is 3.07. The topological polar surface area (TPSA) is 89.0 Å². The largest absolute Gasteiger partial charge is 0.454 e. The summed E-state index contributed by atoms with van der Waals surface area (Å²) in [7, 11) is 0. The maximum atomic E-state index is 12.7. The number of rotatable bonds is 6. The summed E-state index contributed by atoms with van der Waals surface area (Å²) in [6.45, 7) is 0.182. The molecule has 0 atom stereocenters. The molecular weight excluding hydrogens is 394 g/mol. The molecule has 4 rings (SSSR count). The fourth-order valence-corrected chi connectivity index (χ4v) is 2.88. The van der Waals surface area contributed by atoms with Gasteiger partial charge in [-0.1, -0.05) is 48.5 Å². The molecule has 7 heteroatoms. The summed E-state index contributed by atoms with van der Waals surface area (Å²) < 4.78 is 10.6. The first-order valence-electron chi connectivity index (χ1n) is 9.55. The van der Waals surface area contributed by atoms with Crippen molar-refractivity contribution in [1.29, 1.82) is 0 Å². The number of fused-ring (bicyclic) bond motifs is 1. The number of carbonyl (C=O) groups is 2. The lowest BCUT2D eigenvalue weighted by molar-refractivity contribution is -0.117. The highest BCUT2D eigenvalue weighted by atomic mass is 16.7. The van der Waals surface area contributed by atoms with Crippen LogP contribution in [-0.4, -0.2) is 24.8 Å². The van der Waals surface area contributed by atoms with Crippen molar-refractivity contribution in [3.05, 3.63) is 101 Å². The Morgan fingerprint density at radius 3 is 2.32 bits per heavy atom. The number of hydrogen-bond acceptors (Lipinski definition) is 5. The minimum Gasteiger partial charge on any atom is -0.454 e. The number of carbonyl (C=O) groups excluding carboxylic acids is 2. The molecule has 7 nitrogen and oxygen atoms in total. The van der Waals surface area contributed by atoms with E-state index in [9.17, 15) is 9.59 Å². The molecule has 1 aliphatic heterocycles. The van der Waals surface area contributed by atoms with Crippen molar-refractivity contribution in [2.24, 2.45) is 5.10 Å². The van der Waals surface area contributed by atoms with E-state index in [2.05, 4.69) is 15.8 Å². The molecule has 0 aromatic heterocycles. The van der Waals surface area contributed by atoms with Gasteiger partial charge < -0.3 is 14.8 Å². The maximum absolute atomic E-state index is 12.7. The Labute approximate surface area is 179 Å². The number of benzene rings is 3. The van der Waals surface area contributed by atoms with Gasteiger partial charge in [0.2, 0.25) is 6.79 Å². The third kappa shape index (κ3) is 5.16. The highest BCUT2D eigenvalue weighted by molar-refractivity contribution is 6.05. The lowest BCUT2D eigenvalue weighted by Crippen LogP contribution is -2.32. The van der Waals surface area contributed by atoms with Crippen LogP contribution in [-0.2, 0) is 4.79 Å². The molecule has 154 valence electrons. The van der Waals surface area contributed by atoms with Crippen molar-refractivity contribution in [2.75, 3.05) is 6.79 Å². The summed E-state index contributed by atoms with van der Waals surface area (Å²) in [4.78, 5) is 25.3. The fraction of sp³-hybridized carbons (Fsp3) is 0.0417. The first kappa shape index (κ1) is 19.9. The zero-order valence-corrected chi connectivity index (χ0v) is 16.4. The second-order valence-electron chi connectivity index (χ2n) is 6.60. The number of nitrogens with zero attached hydrogens (tertiary/aromatic N) is 1. The van der Waals surface area contributed by atoms with Gasteiger partial charge in [0.05, 0.1) is 6.21 Å². The van der Waals surface area contributed by atoms with Crippen molar-refractivity contribution in [2.45, 2.75) is 0 Å². The van der Waals surface area contributed by atoms with E-state index >= 15 is 0 Å². The van der Waals surface area contributed by atoms with Gasteiger partial charge in [-0.05, 0) is 47.5 Å². The van der Waals surface area contributed by atoms with Crippen LogP contribution in [0.3, 0.4) is 0 Å². The minimum atomic E-state index is -0.551. The second kappa shape index (κ2) is 9.41. The molecule has 2 amide bonds. The van der Waals surface area contributed by atoms with E-state index in [1.807, 2.05) is 36.4 Å². The number of hydrazone groups is 1. The van der Waals surface area contributed by atoms with Gasteiger partial charge in [0.1, 0.15) is 5.70 Å². The van der Waals surface area contributed by atoms with E-state index in [1.54, 1.807) is 48.5 Å². The summed E-state index contributed by atoms with van der Waals surface area (Å²) in [5.74, 6) is 0.343. The van der Waals surface area contributed by atoms with Gasteiger partial charge in [-0.15, -0.1) is 0 Å². The van der Waals surface area contributed by atoms with Gasteiger partial charge in [-0.2, -0.15) is 5.10 Å². The molecule has 0 bridgehead atoms. The smallest absolute Gasteiger partial charge is 0.287 e. The number of amides is 2. The Kier molecular flexibility index (Phi) is 6.04. The summed E-state index contributed by atoms with van der Waals surface area (Å²) >= 11 is 0. The van der Waals surface area contributed by atoms with Crippen LogP contribution in [0.2, 0.25) is 0 Å². The normalized spacial score (nSPS) is 12.6. The van der Waals surface area contributed by atoms with Crippen molar-refractivity contribution < 1.29 is 19.1 Å². The lowest BCUT2D eigenvalue weighted by Gasteiger charge is -2.09. The summed E-state index contributed by atoms with van der Waals surface area (Å²) in [5, 5.41) is 6.66. The summed E-state index contributed by atoms with van der Waals surface area (Å²) in [5.41, 5.74) is 4.46. The van der Waals surface area contributed by atoms with Gasteiger partial charge in [-0.25, -0.2) is 5.43 Å². The molecule has 0 saturated heterocycles. The number of nitrogens with one attached hydrogen (secondary N) is 2. The van der Waals surface area contributed by atoms with Crippen LogP contribution in [0.4, 0.5) is 0 Å². The molecule has 0 unspecified atom stereocenters.